The molecular weight excluding hydrogens is 657 g/mol. The van der Waals surface area contributed by atoms with Crippen LogP contribution in [0.2, 0.25) is 10.0 Å². The summed E-state index contributed by atoms with van der Waals surface area (Å²) < 4.78 is 72.2. The number of nitrogens with one attached hydrogen (secondary N) is 1. The molecule has 0 spiro atoms. The van der Waals surface area contributed by atoms with Gasteiger partial charge in [0.15, 0.2) is 0 Å². The summed E-state index contributed by atoms with van der Waals surface area (Å²) in [6.45, 7) is -0.495. The van der Waals surface area contributed by atoms with Crippen molar-refractivity contribution < 1.29 is 41.7 Å². The third kappa shape index (κ3) is 5.17. The van der Waals surface area contributed by atoms with Crippen LogP contribution < -0.4 is 20.5 Å². The van der Waals surface area contributed by atoms with Crippen LogP contribution in [0.3, 0.4) is 0 Å². The Balaban J connectivity index is 1.43. The highest BCUT2D eigenvalue weighted by Gasteiger charge is 2.58. The highest BCUT2D eigenvalue weighted by Crippen LogP contribution is 2.48. The predicted molar refractivity (Wildman–Crippen MR) is 159 cm³/mol. The van der Waals surface area contributed by atoms with Gasteiger partial charge in [-0.15, -0.1) is 0 Å². The average Bonchev–Trinajstić information content (AvgIpc) is 3.67. The number of alkyl halides is 3. The summed E-state index contributed by atoms with van der Waals surface area (Å²) >= 11 is 12.0. The summed E-state index contributed by atoms with van der Waals surface area (Å²) in [7, 11) is 1.37. The third-order valence-electron chi connectivity index (χ3n) is 8.27. The van der Waals surface area contributed by atoms with Gasteiger partial charge in [-0.2, -0.15) is 18.3 Å². The Morgan fingerprint density at radius 1 is 1.20 bits per heavy atom. The highest BCUT2D eigenvalue weighted by atomic mass is 35.5. The number of carbonyl (C=O) groups is 2. The van der Waals surface area contributed by atoms with E-state index < -0.39 is 64.9 Å². The Kier molecular flexibility index (Phi) is 7.60. The van der Waals surface area contributed by atoms with Crippen LogP contribution in [0.1, 0.15) is 47.4 Å². The van der Waals surface area contributed by atoms with Crippen molar-refractivity contribution in [3.8, 4) is 22.8 Å². The summed E-state index contributed by atoms with van der Waals surface area (Å²) in [5.41, 5.74) is -1.66. The maximum absolute atomic E-state index is 15.2. The summed E-state index contributed by atoms with van der Waals surface area (Å²) in [5.74, 6) is -2.95. The first-order chi connectivity index (χ1) is 21.6. The zero-order chi connectivity index (χ0) is 33.3. The topological polar surface area (TPSA) is 142 Å². The monoisotopic (exact) mass is 681 g/mol. The van der Waals surface area contributed by atoms with E-state index in [-0.39, 0.29) is 38.7 Å². The summed E-state index contributed by atoms with van der Waals surface area (Å²) in [4.78, 5) is 29.7. The van der Waals surface area contributed by atoms with Gasteiger partial charge in [-0.25, -0.2) is 9.37 Å². The number of aliphatic hydroxyl groups is 1. The zero-order valence-corrected chi connectivity index (χ0v) is 25.6. The van der Waals surface area contributed by atoms with Crippen LogP contribution in [0, 0.1) is 5.82 Å². The van der Waals surface area contributed by atoms with Gasteiger partial charge >= 0.3 is 6.18 Å². The number of fused-ring (bicyclic) bond motifs is 2. The highest BCUT2D eigenvalue weighted by molar-refractivity contribution is 6.42. The van der Waals surface area contributed by atoms with Crippen molar-refractivity contribution in [3.63, 3.8) is 0 Å². The van der Waals surface area contributed by atoms with Gasteiger partial charge in [-0.1, -0.05) is 23.2 Å². The standard InChI is InChI=1S/C30H25Cl2F4N5O5/c1-28(27(37)43)12-46-25-17(28)8-22(39-24(25)16-7-18(31)19(32)9-20(16)33)29(44,30(34,35)36)11-38-26(42)13-5-14-10-41(15-3-4-15)40-23(14)21(6-13)45-2/h5-10,15,44H,3-4,11-12H2,1-2H3,(H2,37,43)(H,38,42)/t28-,29-/m0/s1. The number of nitrogens with zero attached hydrogens (tertiary/aromatic N) is 3. The molecule has 242 valence electrons. The fraction of sp³-hybridized carbons (Fsp3) is 0.333. The van der Waals surface area contributed by atoms with Crippen molar-refractivity contribution in [2.45, 2.75) is 43.0 Å². The quantitative estimate of drug-likeness (QED) is 0.171. The first kappa shape index (κ1) is 31.8. The molecule has 1 saturated carbocycles. The van der Waals surface area contributed by atoms with Crippen LogP contribution in [0.25, 0.3) is 22.2 Å². The number of aromatic nitrogens is 3. The minimum Gasteiger partial charge on any atom is -0.494 e. The Morgan fingerprint density at radius 3 is 2.52 bits per heavy atom. The number of rotatable bonds is 8. The summed E-state index contributed by atoms with van der Waals surface area (Å²) in [6.07, 6.45) is -1.83. The second-order valence-corrected chi connectivity index (χ2v) is 12.3. The van der Waals surface area contributed by atoms with Gasteiger partial charge in [-0.3, -0.25) is 14.3 Å². The Morgan fingerprint density at radius 2 is 1.89 bits per heavy atom. The lowest BCUT2D eigenvalue weighted by Crippen LogP contribution is -2.51. The lowest BCUT2D eigenvalue weighted by atomic mass is 9.81. The Labute approximate surface area is 268 Å². The fourth-order valence-corrected chi connectivity index (χ4v) is 5.58. The molecule has 3 heterocycles. The van der Waals surface area contributed by atoms with Gasteiger partial charge in [0, 0.05) is 28.3 Å². The molecule has 1 aliphatic carbocycles. The molecule has 1 aliphatic heterocycles. The molecule has 0 bridgehead atoms. The van der Waals surface area contributed by atoms with E-state index in [9.17, 15) is 27.9 Å². The molecule has 6 rings (SSSR count). The van der Waals surface area contributed by atoms with E-state index in [0.717, 1.165) is 31.0 Å². The number of primary amides is 1. The molecule has 10 nitrogen and oxygen atoms in total. The smallest absolute Gasteiger partial charge is 0.424 e. The van der Waals surface area contributed by atoms with E-state index in [1.54, 1.807) is 10.9 Å². The van der Waals surface area contributed by atoms with Gasteiger partial charge in [-0.05, 0) is 50.1 Å². The second kappa shape index (κ2) is 11.0. The number of amides is 2. The van der Waals surface area contributed by atoms with E-state index in [1.807, 2.05) is 0 Å². The van der Waals surface area contributed by atoms with E-state index in [1.165, 1.54) is 26.2 Å². The van der Waals surface area contributed by atoms with Gasteiger partial charge in [0.25, 0.3) is 5.91 Å². The fourth-order valence-electron chi connectivity index (χ4n) is 5.27. The van der Waals surface area contributed by atoms with Crippen LogP contribution in [0.4, 0.5) is 17.6 Å². The molecule has 2 aliphatic rings. The molecule has 16 heteroatoms. The molecule has 2 aromatic carbocycles. The Hall–Kier alpha value is -4.14. The van der Waals surface area contributed by atoms with Crippen molar-refractivity contribution in [2.24, 2.45) is 5.73 Å². The van der Waals surface area contributed by atoms with Crippen molar-refractivity contribution in [3.05, 3.63) is 69.2 Å². The van der Waals surface area contributed by atoms with E-state index in [4.69, 9.17) is 38.4 Å². The zero-order valence-electron chi connectivity index (χ0n) is 24.1. The number of ether oxygens (including phenoxy) is 2. The molecule has 2 atom stereocenters. The molecule has 2 amide bonds. The first-order valence-electron chi connectivity index (χ1n) is 13.8. The van der Waals surface area contributed by atoms with Crippen molar-refractivity contribution in [2.75, 3.05) is 20.3 Å². The number of hydrogen-bond acceptors (Lipinski definition) is 7. The molecule has 1 fully saturated rings. The largest absolute Gasteiger partial charge is 0.494 e. The molecule has 4 N–H and O–H groups in total. The second-order valence-electron chi connectivity index (χ2n) is 11.5. The first-order valence-corrected chi connectivity index (χ1v) is 14.6. The lowest BCUT2D eigenvalue weighted by Gasteiger charge is -2.31. The maximum atomic E-state index is 15.2. The van der Waals surface area contributed by atoms with Gasteiger partial charge in [0.1, 0.15) is 40.5 Å². The van der Waals surface area contributed by atoms with E-state index in [0.29, 0.717) is 10.9 Å². The van der Waals surface area contributed by atoms with Crippen molar-refractivity contribution >= 4 is 45.9 Å². The molecule has 46 heavy (non-hydrogen) atoms. The molecule has 0 unspecified atom stereocenters. The maximum Gasteiger partial charge on any atom is 0.424 e. The number of carbonyl (C=O) groups excluding carboxylic acids is 2. The number of nitrogens with two attached hydrogens (primary N) is 1. The van der Waals surface area contributed by atoms with E-state index in [2.05, 4.69) is 15.4 Å². The summed E-state index contributed by atoms with van der Waals surface area (Å²) in [5, 5.41) is 18.1. The summed E-state index contributed by atoms with van der Waals surface area (Å²) in [6, 6.07) is 5.66. The molecule has 0 radical (unpaired) electrons. The molecular formula is C30H25Cl2F4N5O5. The van der Waals surface area contributed by atoms with Crippen LogP contribution in [-0.2, 0) is 15.8 Å². The van der Waals surface area contributed by atoms with Gasteiger partial charge < -0.3 is 25.6 Å². The van der Waals surface area contributed by atoms with Crippen LogP contribution in [-0.4, -0.2) is 58.1 Å². The predicted octanol–water partition coefficient (Wildman–Crippen LogP) is 5.20. The van der Waals surface area contributed by atoms with Gasteiger partial charge in [0.05, 0.1) is 35.4 Å². The number of pyridine rings is 1. The SMILES string of the molecule is COc1cc(C(=O)NC[C@](O)(c2cc3c(c(-c4cc(Cl)c(Cl)cc4F)n2)OC[C@]3(C)C(N)=O)C(F)(F)F)cc2cn(C3CC3)nc12. The average molecular weight is 682 g/mol. The van der Waals surface area contributed by atoms with E-state index >= 15 is 4.39 Å². The molecule has 0 saturated heterocycles. The number of hydrogen-bond donors (Lipinski definition) is 3. The minimum absolute atomic E-state index is 0.0561. The van der Waals surface area contributed by atoms with Crippen LogP contribution in [0.5, 0.6) is 11.5 Å². The van der Waals surface area contributed by atoms with Crippen LogP contribution >= 0.6 is 23.2 Å². The molecule has 4 aromatic rings. The van der Waals surface area contributed by atoms with Gasteiger partial charge in [0.2, 0.25) is 11.5 Å². The number of methoxy groups -OCH3 is 1. The molecule has 2 aromatic heterocycles. The lowest BCUT2D eigenvalue weighted by molar-refractivity contribution is -0.265. The third-order valence-corrected chi connectivity index (χ3v) is 9.00. The van der Waals surface area contributed by atoms with Crippen molar-refractivity contribution in [1.82, 2.24) is 20.1 Å². The Bertz CT molecular complexity index is 1930. The number of halogens is 6. The number of benzene rings is 2. The van der Waals surface area contributed by atoms with Crippen LogP contribution in [0.15, 0.2) is 36.5 Å². The normalized spacial score (nSPS) is 19.0. The van der Waals surface area contributed by atoms with Crippen molar-refractivity contribution in [1.29, 1.82) is 0 Å². The minimum atomic E-state index is -5.44.